The monoisotopic (exact) mass is 360 g/mol. The first-order chi connectivity index (χ1) is 11.9. The van der Waals surface area contributed by atoms with E-state index in [-0.39, 0.29) is 5.91 Å². The predicted octanol–water partition coefficient (Wildman–Crippen LogP) is 1.38. The van der Waals surface area contributed by atoms with Crippen LogP contribution in [0.2, 0.25) is 0 Å². The number of piperazine rings is 1. The molecule has 0 atom stereocenters. The molecule has 6 nitrogen and oxygen atoms in total. The van der Waals surface area contributed by atoms with Gasteiger partial charge < -0.3 is 15.0 Å². The van der Waals surface area contributed by atoms with E-state index in [9.17, 15) is 18.0 Å². The van der Waals surface area contributed by atoms with Gasteiger partial charge in [-0.3, -0.25) is 9.69 Å². The highest BCUT2D eigenvalue weighted by molar-refractivity contribution is 5.78. The first-order valence-electron chi connectivity index (χ1n) is 8.16. The largest absolute Gasteiger partial charge is 0.417 e. The van der Waals surface area contributed by atoms with Gasteiger partial charge >= 0.3 is 6.18 Å². The Morgan fingerprint density at radius 2 is 2.00 bits per heavy atom. The minimum atomic E-state index is -4.37. The molecule has 0 saturated carbocycles. The summed E-state index contributed by atoms with van der Waals surface area (Å²) < 4.78 is 42.6. The molecule has 1 aliphatic heterocycles. The third-order valence-corrected chi connectivity index (χ3v) is 3.99. The van der Waals surface area contributed by atoms with Crippen molar-refractivity contribution in [2.45, 2.75) is 12.6 Å². The number of amides is 1. The van der Waals surface area contributed by atoms with Gasteiger partial charge in [-0.25, -0.2) is 4.98 Å². The topological polar surface area (TPSA) is 57.7 Å². The van der Waals surface area contributed by atoms with Crippen molar-refractivity contribution in [3.05, 3.63) is 23.9 Å². The molecule has 9 heteroatoms. The van der Waals surface area contributed by atoms with Crippen LogP contribution in [0.3, 0.4) is 0 Å². The summed E-state index contributed by atoms with van der Waals surface area (Å²) in [6.45, 7) is 4.08. The summed E-state index contributed by atoms with van der Waals surface area (Å²) in [5.41, 5.74) is -0.750. The molecule has 2 rings (SSSR count). The standard InChI is InChI=1S/C16H23F3N4O2/c1-25-10-2-5-20-15(24)12-22-6-8-23(9-7-22)14-4-3-13(11-21-14)16(17,18)19/h3-4,11H,2,5-10,12H2,1H3,(H,20,24). The Hall–Kier alpha value is -1.87. The van der Waals surface area contributed by atoms with Gasteiger partial charge in [-0.2, -0.15) is 13.2 Å². The normalized spacial score (nSPS) is 16.1. The van der Waals surface area contributed by atoms with Crippen molar-refractivity contribution in [2.24, 2.45) is 0 Å². The van der Waals surface area contributed by atoms with Crippen LogP contribution in [0.1, 0.15) is 12.0 Å². The van der Waals surface area contributed by atoms with Gasteiger partial charge in [0.05, 0.1) is 12.1 Å². The Morgan fingerprint density at radius 3 is 2.56 bits per heavy atom. The molecule has 1 saturated heterocycles. The van der Waals surface area contributed by atoms with Gasteiger partial charge in [-0.05, 0) is 18.6 Å². The number of hydrogen-bond donors (Lipinski definition) is 1. The van der Waals surface area contributed by atoms with Crippen molar-refractivity contribution in [2.75, 3.05) is 57.9 Å². The first kappa shape index (κ1) is 19.5. The van der Waals surface area contributed by atoms with E-state index in [1.54, 1.807) is 7.11 Å². The highest BCUT2D eigenvalue weighted by Gasteiger charge is 2.31. The average Bonchev–Trinajstić information content (AvgIpc) is 2.59. The van der Waals surface area contributed by atoms with Crippen LogP contribution < -0.4 is 10.2 Å². The fraction of sp³-hybridized carbons (Fsp3) is 0.625. The van der Waals surface area contributed by atoms with Crippen molar-refractivity contribution < 1.29 is 22.7 Å². The number of aromatic nitrogens is 1. The molecule has 1 aromatic heterocycles. The molecule has 1 amide bonds. The summed E-state index contributed by atoms with van der Waals surface area (Å²) in [7, 11) is 1.62. The lowest BCUT2D eigenvalue weighted by molar-refractivity contribution is -0.137. The van der Waals surface area contributed by atoms with Gasteiger partial charge in [0.25, 0.3) is 0 Å². The Bertz CT molecular complexity index is 543. The van der Waals surface area contributed by atoms with Crippen LogP contribution in [0.15, 0.2) is 18.3 Å². The maximum absolute atomic E-state index is 12.6. The molecule has 1 aliphatic rings. The highest BCUT2D eigenvalue weighted by atomic mass is 19.4. The van der Waals surface area contributed by atoms with Crippen LogP contribution in [-0.4, -0.2) is 68.8 Å². The highest BCUT2D eigenvalue weighted by Crippen LogP contribution is 2.29. The van der Waals surface area contributed by atoms with Crippen molar-refractivity contribution in [3.8, 4) is 0 Å². The number of carbonyl (C=O) groups excluding carboxylic acids is 1. The van der Waals surface area contributed by atoms with Crippen LogP contribution in [0.5, 0.6) is 0 Å². The third-order valence-electron chi connectivity index (χ3n) is 3.99. The number of hydrogen-bond acceptors (Lipinski definition) is 5. The predicted molar refractivity (Wildman–Crippen MR) is 87.4 cm³/mol. The molecule has 0 spiro atoms. The molecule has 25 heavy (non-hydrogen) atoms. The van der Waals surface area contributed by atoms with Gasteiger partial charge in [-0.15, -0.1) is 0 Å². The minimum absolute atomic E-state index is 0.0304. The second-order valence-electron chi connectivity index (χ2n) is 5.86. The summed E-state index contributed by atoms with van der Waals surface area (Å²) in [5, 5.41) is 2.83. The number of nitrogens with one attached hydrogen (secondary N) is 1. The zero-order valence-electron chi connectivity index (χ0n) is 14.2. The fourth-order valence-corrected chi connectivity index (χ4v) is 2.58. The second-order valence-corrected chi connectivity index (χ2v) is 5.86. The van der Waals surface area contributed by atoms with E-state index in [1.807, 2.05) is 9.80 Å². The van der Waals surface area contributed by atoms with E-state index in [2.05, 4.69) is 10.3 Å². The zero-order valence-corrected chi connectivity index (χ0v) is 14.2. The summed E-state index contributed by atoms with van der Waals surface area (Å²) in [6, 6.07) is 2.43. The van der Waals surface area contributed by atoms with Crippen molar-refractivity contribution >= 4 is 11.7 Å². The summed E-state index contributed by atoms with van der Waals surface area (Å²) in [6.07, 6.45) is -2.74. The number of halogens is 3. The Balaban J connectivity index is 1.75. The number of rotatable bonds is 7. The quantitative estimate of drug-likeness (QED) is 0.745. The average molecular weight is 360 g/mol. The maximum Gasteiger partial charge on any atom is 0.417 e. The van der Waals surface area contributed by atoms with E-state index >= 15 is 0 Å². The van der Waals surface area contributed by atoms with E-state index in [1.165, 1.54) is 6.07 Å². The lowest BCUT2D eigenvalue weighted by atomic mass is 10.2. The molecule has 0 aromatic carbocycles. The van der Waals surface area contributed by atoms with Crippen molar-refractivity contribution in [1.82, 2.24) is 15.2 Å². The number of methoxy groups -OCH3 is 1. The summed E-state index contributed by atoms with van der Waals surface area (Å²) in [4.78, 5) is 19.7. The smallest absolute Gasteiger partial charge is 0.385 e. The van der Waals surface area contributed by atoms with Gasteiger partial charge in [0, 0.05) is 52.6 Å². The second kappa shape index (κ2) is 9.00. The van der Waals surface area contributed by atoms with Crippen LogP contribution in [0, 0.1) is 0 Å². The van der Waals surface area contributed by atoms with Crippen LogP contribution >= 0.6 is 0 Å². The third kappa shape index (κ3) is 6.17. The lowest BCUT2D eigenvalue weighted by Crippen LogP contribution is -2.49. The van der Waals surface area contributed by atoms with Crippen molar-refractivity contribution in [1.29, 1.82) is 0 Å². The molecule has 0 aliphatic carbocycles. The maximum atomic E-state index is 12.6. The van der Waals surface area contributed by atoms with Crippen LogP contribution in [-0.2, 0) is 15.7 Å². The number of pyridine rings is 1. The van der Waals surface area contributed by atoms with Gasteiger partial charge in [-0.1, -0.05) is 0 Å². The van der Waals surface area contributed by atoms with E-state index in [0.29, 0.717) is 51.7 Å². The number of anilines is 1. The Morgan fingerprint density at radius 1 is 1.28 bits per heavy atom. The molecule has 1 N–H and O–H groups in total. The van der Waals surface area contributed by atoms with Gasteiger partial charge in [0.2, 0.25) is 5.91 Å². The molecule has 0 bridgehead atoms. The van der Waals surface area contributed by atoms with E-state index in [0.717, 1.165) is 18.7 Å². The van der Waals surface area contributed by atoms with E-state index < -0.39 is 11.7 Å². The Labute approximate surface area is 145 Å². The number of nitrogens with zero attached hydrogens (tertiary/aromatic N) is 3. The summed E-state index contributed by atoms with van der Waals surface area (Å²) in [5.74, 6) is 0.494. The fourth-order valence-electron chi connectivity index (χ4n) is 2.58. The van der Waals surface area contributed by atoms with Crippen molar-refractivity contribution in [3.63, 3.8) is 0 Å². The minimum Gasteiger partial charge on any atom is -0.385 e. The number of alkyl halides is 3. The molecule has 1 fully saturated rings. The molecule has 1 aromatic rings. The molecule has 0 unspecified atom stereocenters. The van der Waals surface area contributed by atoms with E-state index in [4.69, 9.17) is 4.74 Å². The summed E-state index contributed by atoms with van der Waals surface area (Å²) >= 11 is 0. The van der Waals surface area contributed by atoms with Crippen LogP contribution in [0.25, 0.3) is 0 Å². The lowest BCUT2D eigenvalue weighted by Gasteiger charge is -2.35. The molecule has 0 radical (unpaired) electrons. The number of ether oxygens (including phenoxy) is 1. The Kier molecular flexibility index (Phi) is 7.01. The molecular weight excluding hydrogens is 337 g/mol. The SMILES string of the molecule is COCCCNC(=O)CN1CCN(c2ccc(C(F)(F)F)cn2)CC1. The zero-order chi connectivity index (χ0) is 18.3. The molecular formula is C16H23F3N4O2. The first-order valence-corrected chi connectivity index (χ1v) is 8.16. The molecule has 140 valence electrons. The molecule has 2 heterocycles. The van der Waals surface area contributed by atoms with Crippen LogP contribution in [0.4, 0.5) is 19.0 Å². The van der Waals surface area contributed by atoms with Gasteiger partial charge in [0.1, 0.15) is 5.82 Å². The van der Waals surface area contributed by atoms with Gasteiger partial charge in [0.15, 0.2) is 0 Å². The number of carbonyl (C=O) groups is 1.